The summed E-state index contributed by atoms with van der Waals surface area (Å²) in [6.45, 7) is 6.58. The molecule has 0 aliphatic rings. The molecule has 0 spiro atoms. The number of hydrogen-bond donors (Lipinski definition) is 2. The Labute approximate surface area is 175 Å². The molecule has 2 N–H and O–H groups in total. The molecule has 138 valence electrons. The van der Waals surface area contributed by atoms with Gasteiger partial charge in [-0.2, -0.15) is 0 Å². The van der Waals surface area contributed by atoms with Gasteiger partial charge in [-0.3, -0.25) is 4.99 Å². The highest BCUT2D eigenvalue weighted by Crippen LogP contribution is 2.13. The van der Waals surface area contributed by atoms with Crippen molar-refractivity contribution in [2.75, 3.05) is 19.6 Å². The van der Waals surface area contributed by atoms with Gasteiger partial charge >= 0.3 is 0 Å². The van der Waals surface area contributed by atoms with E-state index in [1.165, 1.54) is 4.88 Å². The number of nitrogens with one attached hydrogen (secondary N) is 2. The number of halogens is 2. The van der Waals surface area contributed by atoms with Crippen molar-refractivity contribution in [1.82, 2.24) is 20.6 Å². The lowest BCUT2D eigenvalue weighted by Crippen LogP contribution is -2.38. The highest BCUT2D eigenvalue weighted by Gasteiger charge is 2.02. The molecule has 2 aromatic heterocycles. The van der Waals surface area contributed by atoms with Gasteiger partial charge in [0.05, 0.1) is 5.01 Å². The summed E-state index contributed by atoms with van der Waals surface area (Å²) in [6.07, 6.45) is 6.57. The maximum Gasteiger partial charge on any atom is 0.191 e. The third-order valence-corrected chi connectivity index (χ3v) is 4.81. The molecular formula is C17H25ClIN5S. The van der Waals surface area contributed by atoms with Crippen molar-refractivity contribution in [3.8, 4) is 0 Å². The van der Waals surface area contributed by atoms with Crippen molar-refractivity contribution in [3.63, 3.8) is 0 Å². The molecule has 0 atom stereocenters. The number of aliphatic imine (C=N–C) groups is 1. The topological polar surface area (TPSA) is 62.2 Å². The number of rotatable bonds is 8. The minimum absolute atomic E-state index is 0. The van der Waals surface area contributed by atoms with E-state index < -0.39 is 0 Å². The van der Waals surface area contributed by atoms with E-state index >= 15 is 0 Å². The molecule has 2 heterocycles. The van der Waals surface area contributed by atoms with Crippen molar-refractivity contribution in [1.29, 1.82) is 0 Å². The minimum Gasteiger partial charge on any atom is -0.357 e. The van der Waals surface area contributed by atoms with E-state index in [2.05, 4.69) is 39.4 Å². The molecule has 5 nitrogen and oxygen atoms in total. The molecule has 25 heavy (non-hydrogen) atoms. The zero-order chi connectivity index (χ0) is 17.2. The second kappa shape index (κ2) is 12.4. The molecule has 8 heteroatoms. The van der Waals surface area contributed by atoms with Crippen molar-refractivity contribution >= 4 is 52.9 Å². The van der Waals surface area contributed by atoms with Crippen LogP contribution in [0.15, 0.2) is 29.5 Å². The molecule has 0 aliphatic heterocycles. The van der Waals surface area contributed by atoms with Crippen molar-refractivity contribution in [2.45, 2.75) is 33.1 Å². The van der Waals surface area contributed by atoms with Gasteiger partial charge in [0, 0.05) is 43.3 Å². The van der Waals surface area contributed by atoms with E-state index in [0.29, 0.717) is 5.15 Å². The third kappa shape index (κ3) is 8.33. The predicted molar refractivity (Wildman–Crippen MR) is 118 cm³/mol. The molecule has 0 bridgehead atoms. The monoisotopic (exact) mass is 493 g/mol. The number of pyridine rings is 1. The molecule has 0 fully saturated rings. The Kier molecular flexibility index (Phi) is 11.0. The molecule has 0 aromatic carbocycles. The average molecular weight is 494 g/mol. The second-order valence-corrected chi connectivity index (χ2v) is 6.84. The standard InChI is InChI=1S/C17H24ClN5S.HI/c1-3-14-12-23-16(24-14)8-10-21-17(19-4-2)20-9-7-13-5-6-15(18)22-11-13;/h5-6,11-12H,3-4,7-10H2,1-2H3,(H2,19,20,21);1H. The first-order valence-corrected chi connectivity index (χ1v) is 9.47. The number of nitrogens with zero attached hydrogens (tertiary/aromatic N) is 3. The summed E-state index contributed by atoms with van der Waals surface area (Å²) >= 11 is 7.57. The van der Waals surface area contributed by atoms with Crippen molar-refractivity contribution < 1.29 is 0 Å². The zero-order valence-corrected chi connectivity index (χ0v) is 18.5. The number of hydrogen-bond acceptors (Lipinski definition) is 4. The van der Waals surface area contributed by atoms with Crippen molar-refractivity contribution in [2.24, 2.45) is 4.99 Å². The van der Waals surface area contributed by atoms with Crippen LogP contribution in [0.2, 0.25) is 5.15 Å². The van der Waals surface area contributed by atoms with Crippen LogP contribution in [0.3, 0.4) is 0 Å². The lowest BCUT2D eigenvalue weighted by Gasteiger charge is -2.11. The number of aryl methyl sites for hydroxylation is 1. The molecule has 0 saturated heterocycles. The summed E-state index contributed by atoms with van der Waals surface area (Å²) in [7, 11) is 0. The summed E-state index contributed by atoms with van der Waals surface area (Å²) in [5.41, 5.74) is 1.15. The smallest absolute Gasteiger partial charge is 0.191 e. The van der Waals surface area contributed by atoms with Crippen LogP contribution < -0.4 is 10.6 Å². The van der Waals surface area contributed by atoms with Crippen LogP contribution in [0, 0.1) is 0 Å². The number of thiazole rings is 1. The first kappa shape index (κ1) is 22.1. The molecule has 0 amide bonds. The van der Waals surface area contributed by atoms with Crippen LogP contribution in [0.1, 0.15) is 29.3 Å². The summed E-state index contributed by atoms with van der Waals surface area (Å²) < 4.78 is 0. The number of aromatic nitrogens is 2. The SMILES string of the molecule is CCNC(=NCCc1ncc(CC)s1)NCCc1ccc(Cl)nc1.I. The van der Waals surface area contributed by atoms with E-state index in [0.717, 1.165) is 55.4 Å². The van der Waals surface area contributed by atoms with Crippen LogP contribution in [0.4, 0.5) is 0 Å². The minimum atomic E-state index is 0. The molecule has 2 aromatic rings. The maximum absolute atomic E-state index is 5.80. The Balaban J connectivity index is 0.00000312. The average Bonchev–Trinajstić information content (AvgIpc) is 3.05. The fourth-order valence-electron chi connectivity index (χ4n) is 2.11. The van der Waals surface area contributed by atoms with E-state index in [4.69, 9.17) is 11.6 Å². The highest BCUT2D eigenvalue weighted by molar-refractivity contribution is 14.0. The number of guanidine groups is 1. The molecule has 0 radical (unpaired) electrons. The van der Waals surface area contributed by atoms with Crippen LogP contribution in [0.5, 0.6) is 0 Å². The van der Waals surface area contributed by atoms with Gasteiger partial charge in [-0.15, -0.1) is 35.3 Å². The first-order chi connectivity index (χ1) is 11.7. The highest BCUT2D eigenvalue weighted by atomic mass is 127. The van der Waals surface area contributed by atoms with Gasteiger partial charge in [0.2, 0.25) is 0 Å². The van der Waals surface area contributed by atoms with Gasteiger partial charge in [-0.05, 0) is 31.4 Å². The van der Waals surface area contributed by atoms with Gasteiger partial charge in [0.25, 0.3) is 0 Å². The van der Waals surface area contributed by atoms with Crippen LogP contribution in [0.25, 0.3) is 0 Å². The fraction of sp³-hybridized carbons (Fsp3) is 0.471. The Morgan fingerprint density at radius 3 is 2.64 bits per heavy atom. The normalized spacial score (nSPS) is 11.1. The van der Waals surface area contributed by atoms with Crippen LogP contribution >= 0.6 is 46.9 Å². The molecule has 0 aliphatic carbocycles. The summed E-state index contributed by atoms with van der Waals surface area (Å²) in [5, 5.41) is 8.29. The molecular weight excluding hydrogens is 469 g/mol. The van der Waals surface area contributed by atoms with Crippen molar-refractivity contribution in [3.05, 3.63) is 45.1 Å². The zero-order valence-electron chi connectivity index (χ0n) is 14.6. The first-order valence-electron chi connectivity index (χ1n) is 8.27. The predicted octanol–water partition coefficient (Wildman–Crippen LogP) is 3.71. The fourth-order valence-corrected chi connectivity index (χ4v) is 3.07. The van der Waals surface area contributed by atoms with Gasteiger partial charge in [0.1, 0.15) is 5.15 Å². The van der Waals surface area contributed by atoms with Gasteiger partial charge in [-0.25, -0.2) is 9.97 Å². The van der Waals surface area contributed by atoms with Gasteiger partial charge in [0.15, 0.2) is 5.96 Å². The molecule has 0 unspecified atom stereocenters. The largest absolute Gasteiger partial charge is 0.357 e. The van der Waals surface area contributed by atoms with Gasteiger partial charge in [-0.1, -0.05) is 24.6 Å². The van der Waals surface area contributed by atoms with E-state index in [1.807, 2.05) is 24.5 Å². The Morgan fingerprint density at radius 1 is 1.16 bits per heavy atom. The molecule has 2 rings (SSSR count). The Hall–Kier alpha value is -0.930. The third-order valence-electron chi connectivity index (χ3n) is 3.38. The van der Waals surface area contributed by atoms with Crippen LogP contribution in [-0.4, -0.2) is 35.6 Å². The quantitative estimate of drug-likeness (QED) is 0.255. The van der Waals surface area contributed by atoms with E-state index in [-0.39, 0.29) is 24.0 Å². The Morgan fingerprint density at radius 2 is 2.00 bits per heavy atom. The Bertz CT molecular complexity index is 645. The summed E-state index contributed by atoms with van der Waals surface area (Å²) in [4.78, 5) is 14.5. The van der Waals surface area contributed by atoms with Crippen LogP contribution in [-0.2, 0) is 19.3 Å². The lowest BCUT2D eigenvalue weighted by molar-refractivity contribution is 0.794. The second-order valence-electron chi connectivity index (χ2n) is 5.25. The summed E-state index contributed by atoms with van der Waals surface area (Å²) in [5.74, 6) is 0.840. The van der Waals surface area contributed by atoms with Gasteiger partial charge < -0.3 is 10.6 Å². The maximum atomic E-state index is 5.80. The molecule has 0 saturated carbocycles. The lowest BCUT2D eigenvalue weighted by atomic mass is 10.2. The van der Waals surface area contributed by atoms with E-state index in [9.17, 15) is 0 Å². The summed E-state index contributed by atoms with van der Waals surface area (Å²) in [6, 6.07) is 3.81. The van der Waals surface area contributed by atoms with E-state index in [1.54, 1.807) is 11.3 Å².